The molecule has 6 aromatic rings. The van der Waals surface area contributed by atoms with Gasteiger partial charge in [0.25, 0.3) is 0 Å². The summed E-state index contributed by atoms with van der Waals surface area (Å²) in [4.78, 5) is 10.2. The fourth-order valence-corrected chi connectivity index (χ4v) is 6.23. The summed E-state index contributed by atoms with van der Waals surface area (Å²) < 4.78 is 12.4. The van der Waals surface area contributed by atoms with Crippen LogP contribution in [0.4, 0.5) is 0 Å². The molecular formula is C38H28N2O2. The van der Waals surface area contributed by atoms with Crippen molar-refractivity contribution >= 4 is 33.3 Å². The number of rotatable bonds is 5. The van der Waals surface area contributed by atoms with Gasteiger partial charge in [0.15, 0.2) is 0 Å². The van der Waals surface area contributed by atoms with Gasteiger partial charge < -0.3 is 9.47 Å². The van der Waals surface area contributed by atoms with Crippen molar-refractivity contribution in [3.05, 3.63) is 156 Å². The predicted octanol–water partition coefficient (Wildman–Crippen LogP) is 8.70. The molecule has 2 heterocycles. The molecule has 0 saturated heterocycles. The van der Waals surface area contributed by atoms with Crippen molar-refractivity contribution in [2.75, 3.05) is 13.2 Å². The van der Waals surface area contributed by atoms with Gasteiger partial charge >= 0.3 is 0 Å². The van der Waals surface area contributed by atoms with Crippen molar-refractivity contribution < 1.29 is 9.47 Å². The second-order valence-corrected chi connectivity index (χ2v) is 10.8. The molecule has 2 aliphatic rings. The fraction of sp³-hybridized carbons (Fsp3) is 0.105. The first-order valence-electron chi connectivity index (χ1n) is 14.4. The first-order chi connectivity index (χ1) is 20.8. The fourth-order valence-electron chi connectivity index (χ4n) is 6.23. The van der Waals surface area contributed by atoms with Gasteiger partial charge in [0.1, 0.15) is 25.3 Å². The van der Waals surface area contributed by atoms with Gasteiger partial charge in [-0.1, -0.05) is 109 Å². The summed E-state index contributed by atoms with van der Waals surface area (Å²) in [6.07, 6.45) is 0. The smallest absolute Gasteiger partial charge is 0.216 e. The van der Waals surface area contributed by atoms with E-state index in [1.807, 2.05) is 60.7 Å². The number of hydrogen-bond donors (Lipinski definition) is 0. The van der Waals surface area contributed by atoms with Gasteiger partial charge in [-0.15, -0.1) is 0 Å². The summed E-state index contributed by atoms with van der Waals surface area (Å²) in [6, 6.07) is 46.2. The van der Waals surface area contributed by atoms with Gasteiger partial charge in [-0.2, -0.15) is 0 Å². The molecule has 202 valence electrons. The maximum Gasteiger partial charge on any atom is 0.216 e. The molecule has 0 fully saturated rings. The Kier molecular flexibility index (Phi) is 6.03. The van der Waals surface area contributed by atoms with E-state index in [0.717, 1.165) is 22.3 Å². The Morgan fingerprint density at radius 1 is 0.429 bits per heavy atom. The zero-order valence-corrected chi connectivity index (χ0v) is 23.0. The minimum Gasteiger partial charge on any atom is -0.475 e. The number of nitrogens with zero attached hydrogens (tertiary/aromatic N) is 2. The number of fused-ring (bicyclic) bond motifs is 2. The van der Waals surface area contributed by atoms with Gasteiger partial charge in [-0.05, 0) is 68.1 Å². The van der Waals surface area contributed by atoms with Crippen molar-refractivity contribution in [1.29, 1.82) is 0 Å². The summed E-state index contributed by atoms with van der Waals surface area (Å²) in [6.45, 7) is 0.997. The van der Waals surface area contributed by atoms with Crippen molar-refractivity contribution in [2.24, 2.45) is 9.98 Å². The third-order valence-corrected chi connectivity index (χ3v) is 8.23. The third-order valence-electron chi connectivity index (χ3n) is 8.23. The lowest BCUT2D eigenvalue weighted by Crippen LogP contribution is -2.06. The van der Waals surface area contributed by atoms with Crippen LogP contribution >= 0.6 is 0 Å². The zero-order valence-electron chi connectivity index (χ0n) is 23.0. The summed E-state index contributed by atoms with van der Waals surface area (Å²) in [5.41, 5.74) is 6.69. The number of benzene rings is 6. The normalized spacial score (nSPS) is 18.0. The van der Waals surface area contributed by atoms with Crippen LogP contribution in [0.25, 0.3) is 32.7 Å². The first-order valence-corrected chi connectivity index (χ1v) is 14.4. The molecule has 0 aromatic heterocycles. The zero-order chi connectivity index (χ0) is 27.9. The SMILES string of the molecule is c1ccc(C2=N[C@@H](c3ccc4ccccc4c3-c3c([C@H]4COC(c5ccccc5)=N4)ccc4ccccc34)CO2)cc1. The number of hydrogen-bond acceptors (Lipinski definition) is 4. The van der Waals surface area contributed by atoms with Crippen LogP contribution in [0.3, 0.4) is 0 Å². The van der Waals surface area contributed by atoms with Gasteiger partial charge in [0.2, 0.25) is 11.8 Å². The molecule has 0 amide bonds. The van der Waals surface area contributed by atoms with E-state index >= 15 is 0 Å². The van der Waals surface area contributed by atoms with Crippen LogP contribution in [0.2, 0.25) is 0 Å². The molecule has 42 heavy (non-hydrogen) atoms. The summed E-state index contributed by atoms with van der Waals surface area (Å²) >= 11 is 0. The van der Waals surface area contributed by atoms with Crippen molar-refractivity contribution in [1.82, 2.24) is 0 Å². The van der Waals surface area contributed by atoms with E-state index in [-0.39, 0.29) is 12.1 Å². The highest BCUT2D eigenvalue weighted by molar-refractivity contribution is 6.08. The molecule has 2 aliphatic heterocycles. The Morgan fingerprint density at radius 3 is 1.29 bits per heavy atom. The quantitative estimate of drug-likeness (QED) is 0.218. The van der Waals surface area contributed by atoms with Gasteiger partial charge in [0.05, 0.1) is 0 Å². The van der Waals surface area contributed by atoms with Crippen molar-refractivity contribution in [2.45, 2.75) is 12.1 Å². The largest absolute Gasteiger partial charge is 0.475 e. The lowest BCUT2D eigenvalue weighted by atomic mass is 9.83. The highest BCUT2D eigenvalue weighted by Gasteiger charge is 2.30. The number of ether oxygens (including phenoxy) is 2. The molecule has 4 heteroatoms. The Labute approximate surface area is 244 Å². The van der Waals surface area contributed by atoms with Crippen molar-refractivity contribution in [3.63, 3.8) is 0 Å². The van der Waals surface area contributed by atoms with E-state index in [9.17, 15) is 0 Å². The van der Waals surface area contributed by atoms with E-state index in [1.54, 1.807) is 0 Å². The molecule has 6 aromatic carbocycles. The predicted molar refractivity (Wildman–Crippen MR) is 170 cm³/mol. The van der Waals surface area contributed by atoms with Crippen LogP contribution in [-0.2, 0) is 9.47 Å². The molecule has 4 nitrogen and oxygen atoms in total. The van der Waals surface area contributed by atoms with E-state index in [4.69, 9.17) is 19.5 Å². The summed E-state index contributed by atoms with van der Waals surface area (Å²) in [7, 11) is 0. The standard InChI is InChI=1S/C38H28N2O2/c1-3-13-27(14-4-1)37-39-33(23-41-37)31-21-19-25-11-7-9-17-29(25)35(31)36-30-18-10-8-12-26(30)20-22-32(36)34-24-42-38(40-34)28-15-5-2-6-16-28/h1-22,33-34H,23-24H2/t33-,34-/m1/s1. The molecule has 2 atom stereocenters. The maximum absolute atomic E-state index is 6.20. The molecule has 0 unspecified atom stereocenters. The average molecular weight is 545 g/mol. The molecule has 0 bridgehead atoms. The Hall–Kier alpha value is -5.22. The second-order valence-electron chi connectivity index (χ2n) is 10.8. The summed E-state index contributed by atoms with van der Waals surface area (Å²) in [5, 5.41) is 4.78. The summed E-state index contributed by atoms with van der Waals surface area (Å²) in [5.74, 6) is 1.39. The van der Waals surface area contributed by atoms with Gasteiger partial charge in [-0.3, -0.25) is 0 Å². The van der Waals surface area contributed by atoms with Gasteiger partial charge in [-0.25, -0.2) is 9.98 Å². The monoisotopic (exact) mass is 544 g/mol. The highest BCUT2D eigenvalue weighted by atomic mass is 16.5. The van der Waals surface area contributed by atoms with Crippen LogP contribution in [0.15, 0.2) is 143 Å². The van der Waals surface area contributed by atoms with Crippen molar-refractivity contribution in [3.8, 4) is 11.1 Å². The molecule has 0 aliphatic carbocycles. The number of aliphatic imine (C=N–C) groups is 2. The van der Waals surface area contributed by atoms with Crippen LogP contribution in [-0.4, -0.2) is 25.0 Å². The Bertz CT molecular complexity index is 1850. The maximum atomic E-state index is 6.20. The Balaban J connectivity index is 1.36. The van der Waals surface area contributed by atoms with Gasteiger partial charge in [0, 0.05) is 11.1 Å². The lowest BCUT2D eigenvalue weighted by Gasteiger charge is -2.22. The molecule has 8 rings (SSSR count). The minimum atomic E-state index is -0.130. The molecule has 0 saturated carbocycles. The van der Waals surface area contributed by atoms with E-state index in [2.05, 4.69) is 72.8 Å². The third kappa shape index (κ3) is 4.24. The topological polar surface area (TPSA) is 43.2 Å². The van der Waals surface area contributed by atoms with Crippen LogP contribution in [0, 0.1) is 0 Å². The van der Waals surface area contributed by atoms with E-state index < -0.39 is 0 Å². The molecular weight excluding hydrogens is 516 g/mol. The van der Waals surface area contributed by atoms with Crippen LogP contribution in [0.1, 0.15) is 34.3 Å². The Morgan fingerprint density at radius 2 is 0.833 bits per heavy atom. The minimum absolute atomic E-state index is 0.130. The second kappa shape index (κ2) is 10.3. The first kappa shape index (κ1) is 24.6. The average Bonchev–Trinajstić information content (AvgIpc) is 3.76. The molecule has 0 radical (unpaired) electrons. The van der Waals surface area contributed by atoms with Crippen LogP contribution < -0.4 is 0 Å². The molecule has 0 N–H and O–H groups in total. The van der Waals surface area contributed by atoms with Crippen LogP contribution in [0.5, 0.6) is 0 Å². The van der Waals surface area contributed by atoms with E-state index in [0.29, 0.717) is 25.0 Å². The highest BCUT2D eigenvalue weighted by Crippen LogP contribution is 2.45. The molecule has 0 spiro atoms. The lowest BCUT2D eigenvalue weighted by molar-refractivity contribution is 0.319. The van der Waals surface area contributed by atoms with E-state index in [1.165, 1.54) is 32.7 Å².